The molecule has 2 aliphatic heterocycles. The van der Waals surface area contributed by atoms with Gasteiger partial charge in [0.1, 0.15) is 6.61 Å². The zero-order valence-corrected chi connectivity index (χ0v) is 11.1. The van der Waals surface area contributed by atoms with Gasteiger partial charge in [-0.2, -0.15) is 0 Å². The van der Waals surface area contributed by atoms with Gasteiger partial charge < -0.3 is 14.6 Å². The highest BCUT2D eigenvalue weighted by atomic mass is 16.6. The Morgan fingerprint density at radius 1 is 1.43 bits per heavy atom. The summed E-state index contributed by atoms with van der Waals surface area (Å²) in [6, 6.07) is 9.22. The van der Waals surface area contributed by atoms with Crippen molar-refractivity contribution in [2.75, 3.05) is 0 Å². The maximum Gasteiger partial charge on any atom is 0.359 e. The van der Waals surface area contributed by atoms with Crippen molar-refractivity contribution in [1.29, 1.82) is 0 Å². The van der Waals surface area contributed by atoms with Crippen LogP contribution in [0.15, 0.2) is 54.1 Å². The average molecular weight is 287 g/mol. The van der Waals surface area contributed by atoms with Gasteiger partial charge in [-0.1, -0.05) is 30.3 Å². The van der Waals surface area contributed by atoms with Crippen LogP contribution in [0.2, 0.25) is 0 Å². The van der Waals surface area contributed by atoms with Gasteiger partial charge in [0.15, 0.2) is 17.7 Å². The van der Waals surface area contributed by atoms with Gasteiger partial charge in [0.2, 0.25) is 5.91 Å². The lowest BCUT2D eigenvalue weighted by Crippen LogP contribution is -2.50. The Kier molecular flexibility index (Phi) is 3.35. The first-order valence-electron chi connectivity index (χ1n) is 6.45. The fourth-order valence-corrected chi connectivity index (χ4v) is 2.25. The highest BCUT2D eigenvalue weighted by Crippen LogP contribution is 2.37. The number of aliphatic hydroxyl groups is 1. The first kappa shape index (κ1) is 13.2. The molecule has 1 aromatic rings. The number of ether oxygens (including phenoxy) is 2. The van der Waals surface area contributed by atoms with E-state index in [1.165, 1.54) is 11.0 Å². The Morgan fingerprint density at radius 2 is 2.19 bits per heavy atom. The second kappa shape index (κ2) is 5.32. The van der Waals surface area contributed by atoms with Crippen molar-refractivity contribution in [3.8, 4) is 0 Å². The largest absolute Gasteiger partial charge is 0.515 e. The van der Waals surface area contributed by atoms with Crippen molar-refractivity contribution in [2.45, 2.75) is 19.3 Å². The van der Waals surface area contributed by atoms with Gasteiger partial charge >= 0.3 is 5.97 Å². The van der Waals surface area contributed by atoms with Crippen LogP contribution in [0.1, 0.15) is 12.0 Å². The van der Waals surface area contributed by atoms with Crippen LogP contribution in [0.3, 0.4) is 0 Å². The Bertz CT molecular complexity index is 635. The normalized spacial score (nSPS) is 20.3. The number of esters is 1. The van der Waals surface area contributed by atoms with Gasteiger partial charge in [0.05, 0.1) is 12.7 Å². The molecule has 1 amide bonds. The maximum absolute atomic E-state index is 12.2. The fourth-order valence-electron chi connectivity index (χ4n) is 2.25. The Morgan fingerprint density at radius 3 is 2.86 bits per heavy atom. The quantitative estimate of drug-likeness (QED) is 0.517. The summed E-state index contributed by atoms with van der Waals surface area (Å²) in [6.45, 7) is 0.103. The van der Waals surface area contributed by atoms with Crippen molar-refractivity contribution in [3.63, 3.8) is 0 Å². The third-order valence-electron chi connectivity index (χ3n) is 3.28. The minimum Gasteiger partial charge on any atom is -0.515 e. The number of rotatable bonds is 4. The third-order valence-corrected chi connectivity index (χ3v) is 3.28. The summed E-state index contributed by atoms with van der Waals surface area (Å²) in [5.41, 5.74) is 0.883. The van der Waals surface area contributed by atoms with Gasteiger partial charge in [0.25, 0.3) is 0 Å². The molecule has 108 valence electrons. The number of nitrogens with zero attached hydrogens (tertiary/aromatic N) is 1. The smallest absolute Gasteiger partial charge is 0.359 e. The predicted molar refractivity (Wildman–Crippen MR) is 71.4 cm³/mol. The summed E-state index contributed by atoms with van der Waals surface area (Å²) >= 11 is 0. The molecular weight excluding hydrogens is 274 g/mol. The zero-order valence-electron chi connectivity index (χ0n) is 11.1. The van der Waals surface area contributed by atoms with Crippen LogP contribution in [0.25, 0.3) is 0 Å². The van der Waals surface area contributed by atoms with Crippen LogP contribution in [0, 0.1) is 0 Å². The van der Waals surface area contributed by atoms with Gasteiger partial charge in [0, 0.05) is 6.08 Å². The van der Waals surface area contributed by atoms with E-state index in [2.05, 4.69) is 0 Å². The number of amides is 1. The number of carbonyl (C=O) groups excluding carboxylic acids is 2. The van der Waals surface area contributed by atoms with E-state index < -0.39 is 12.2 Å². The highest BCUT2D eigenvalue weighted by molar-refractivity contribution is 5.98. The van der Waals surface area contributed by atoms with Crippen molar-refractivity contribution in [3.05, 3.63) is 59.7 Å². The molecule has 6 nitrogen and oxygen atoms in total. The van der Waals surface area contributed by atoms with Crippen LogP contribution in [0.4, 0.5) is 0 Å². The number of benzene rings is 1. The van der Waals surface area contributed by atoms with Crippen LogP contribution in [0.5, 0.6) is 0 Å². The lowest BCUT2D eigenvalue weighted by atomic mass is 10.1. The molecule has 0 aliphatic carbocycles. The SMILES string of the molecule is O=C(OCc1ccccc1)C1=C(/C=C/O)O[C@@H]2CC(=O)N12. The van der Waals surface area contributed by atoms with E-state index in [1.807, 2.05) is 30.3 Å². The highest BCUT2D eigenvalue weighted by Gasteiger charge is 2.49. The number of carbonyl (C=O) groups is 2. The van der Waals surface area contributed by atoms with Gasteiger partial charge in [-0.15, -0.1) is 0 Å². The molecule has 1 N–H and O–H groups in total. The third kappa shape index (κ3) is 2.35. The summed E-state index contributed by atoms with van der Waals surface area (Å²) in [6.07, 6.45) is 1.74. The summed E-state index contributed by atoms with van der Waals surface area (Å²) in [5, 5.41) is 8.84. The molecule has 1 aromatic carbocycles. The van der Waals surface area contributed by atoms with Crippen molar-refractivity contribution in [1.82, 2.24) is 4.90 Å². The number of aliphatic hydroxyl groups excluding tert-OH is 1. The van der Waals surface area contributed by atoms with Crippen molar-refractivity contribution < 1.29 is 24.2 Å². The summed E-state index contributed by atoms with van der Waals surface area (Å²) in [4.78, 5) is 25.0. The second-order valence-electron chi connectivity index (χ2n) is 4.63. The fraction of sp³-hybridized carbons (Fsp3) is 0.200. The molecule has 0 bridgehead atoms. The number of fused-ring (bicyclic) bond motifs is 1. The Balaban J connectivity index is 1.75. The van der Waals surface area contributed by atoms with E-state index in [4.69, 9.17) is 14.6 Å². The first-order chi connectivity index (χ1) is 10.2. The molecule has 6 heteroatoms. The van der Waals surface area contributed by atoms with Crippen molar-refractivity contribution in [2.24, 2.45) is 0 Å². The number of β-lactam (4-membered cyclic amide) rings is 1. The molecule has 2 heterocycles. The molecule has 0 spiro atoms. The van der Waals surface area contributed by atoms with Crippen LogP contribution in [-0.2, 0) is 25.7 Å². The van der Waals surface area contributed by atoms with Gasteiger partial charge in [-0.25, -0.2) is 4.79 Å². The Hall–Kier alpha value is -2.76. The molecule has 21 heavy (non-hydrogen) atoms. The van der Waals surface area contributed by atoms with E-state index in [9.17, 15) is 9.59 Å². The van der Waals surface area contributed by atoms with E-state index in [0.717, 1.165) is 11.8 Å². The molecule has 1 saturated heterocycles. The lowest BCUT2D eigenvalue weighted by Gasteiger charge is -2.33. The summed E-state index contributed by atoms with van der Waals surface area (Å²) in [7, 11) is 0. The average Bonchev–Trinajstić information content (AvgIpc) is 2.79. The standard InChI is InChI=1S/C15H13NO5/c17-7-6-11-14(16-12(18)8-13(16)21-11)15(19)20-9-10-4-2-1-3-5-10/h1-7,13,17H,8-9H2/b7-6+/t13-/m1/s1. The van der Waals surface area contributed by atoms with Crippen LogP contribution in [-0.4, -0.2) is 28.1 Å². The molecule has 0 aromatic heterocycles. The molecule has 0 radical (unpaired) electrons. The van der Waals surface area contributed by atoms with Crippen LogP contribution >= 0.6 is 0 Å². The second-order valence-corrected chi connectivity index (χ2v) is 4.63. The van der Waals surface area contributed by atoms with E-state index >= 15 is 0 Å². The first-order valence-corrected chi connectivity index (χ1v) is 6.45. The van der Waals surface area contributed by atoms with E-state index in [0.29, 0.717) is 0 Å². The zero-order chi connectivity index (χ0) is 14.8. The van der Waals surface area contributed by atoms with E-state index in [-0.39, 0.29) is 30.4 Å². The number of allylic oxidation sites excluding steroid dienone is 1. The molecule has 1 fully saturated rings. The predicted octanol–water partition coefficient (Wildman–Crippen LogP) is 1.60. The minimum absolute atomic E-state index is 0.0393. The van der Waals surface area contributed by atoms with Gasteiger partial charge in [-0.05, 0) is 5.56 Å². The van der Waals surface area contributed by atoms with E-state index in [1.54, 1.807) is 0 Å². The molecule has 2 aliphatic rings. The topological polar surface area (TPSA) is 76.1 Å². The summed E-state index contributed by atoms with van der Waals surface area (Å²) < 4.78 is 10.6. The monoisotopic (exact) mass is 287 g/mol. The molecule has 0 saturated carbocycles. The van der Waals surface area contributed by atoms with Crippen LogP contribution < -0.4 is 0 Å². The van der Waals surface area contributed by atoms with Crippen molar-refractivity contribution >= 4 is 11.9 Å². The van der Waals surface area contributed by atoms with Gasteiger partial charge in [-0.3, -0.25) is 9.69 Å². The Labute approximate surface area is 120 Å². The lowest BCUT2D eigenvalue weighted by molar-refractivity contribution is -0.159. The summed E-state index contributed by atoms with van der Waals surface area (Å²) in [5.74, 6) is -0.707. The number of hydrogen-bond donors (Lipinski definition) is 1. The maximum atomic E-state index is 12.2. The number of hydrogen-bond acceptors (Lipinski definition) is 5. The molecule has 0 unspecified atom stereocenters. The molecular formula is C15H13NO5. The minimum atomic E-state index is -0.650. The molecule has 1 atom stereocenters. The molecule has 3 rings (SSSR count).